The molecule has 1 aromatic carbocycles. The smallest absolute Gasteiger partial charge is 0.455 e. The Hall–Kier alpha value is -2.45. The van der Waals surface area contributed by atoms with Crippen LogP contribution >= 0.6 is 0 Å². The lowest BCUT2D eigenvalue weighted by atomic mass is 9.59. The van der Waals surface area contributed by atoms with Crippen LogP contribution in [-0.4, -0.2) is 47.1 Å². The first kappa shape index (κ1) is 21.8. The number of phenols is 1. The summed E-state index contributed by atoms with van der Waals surface area (Å²) in [6, 6.07) is 4.25. The van der Waals surface area contributed by atoms with E-state index in [1.165, 1.54) is 24.1 Å². The molecule has 0 saturated carbocycles. The SMILES string of the molecule is CC1=C2[C@@H](CC/C(C)=C/c3ccc(O)c(F)c3)OB(O)C[C@@H]2[C@@H]2C(=O)N(C)C(=O)[C@@H]2C1. The highest BCUT2D eigenvalue weighted by Crippen LogP contribution is 2.50. The summed E-state index contributed by atoms with van der Waals surface area (Å²) in [6.07, 6.45) is 3.65. The van der Waals surface area contributed by atoms with E-state index in [1.54, 1.807) is 6.07 Å². The Bertz CT molecular complexity index is 990. The molecule has 31 heavy (non-hydrogen) atoms. The van der Waals surface area contributed by atoms with Crippen LogP contribution in [0, 0.1) is 23.6 Å². The van der Waals surface area contributed by atoms with Crippen molar-refractivity contribution in [3.63, 3.8) is 0 Å². The fourth-order valence-corrected chi connectivity index (χ4v) is 5.41. The Kier molecular flexibility index (Phi) is 5.79. The van der Waals surface area contributed by atoms with Gasteiger partial charge in [0.25, 0.3) is 0 Å². The highest BCUT2D eigenvalue weighted by molar-refractivity contribution is 6.43. The first-order chi connectivity index (χ1) is 14.7. The molecule has 2 amide bonds. The van der Waals surface area contributed by atoms with E-state index in [4.69, 9.17) is 4.65 Å². The fraction of sp³-hybridized carbons (Fsp3) is 0.478. The highest BCUT2D eigenvalue weighted by atomic mass is 19.1. The molecule has 6 nitrogen and oxygen atoms in total. The lowest BCUT2D eigenvalue weighted by molar-refractivity contribution is -0.138. The van der Waals surface area contributed by atoms with Gasteiger partial charge in [-0.3, -0.25) is 14.5 Å². The molecule has 0 aromatic heterocycles. The highest BCUT2D eigenvalue weighted by Gasteiger charge is 2.55. The number of aromatic hydroxyl groups is 1. The molecule has 0 radical (unpaired) electrons. The third-order valence-electron chi connectivity index (χ3n) is 6.86. The van der Waals surface area contributed by atoms with Crippen LogP contribution in [0.25, 0.3) is 6.08 Å². The molecule has 0 spiro atoms. The monoisotopic (exact) mass is 427 g/mol. The van der Waals surface area contributed by atoms with Crippen molar-refractivity contribution < 1.29 is 28.8 Å². The number of hydrogen-bond donors (Lipinski definition) is 2. The number of imide groups is 1. The van der Waals surface area contributed by atoms with Crippen LogP contribution < -0.4 is 0 Å². The fourth-order valence-electron chi connectivity index (χ4n) is 5.41. The zero-order valence-corrected chi connectivity index (χ0v) is 18.0. The van der Waals surface area contributed by atoms with E-state index in [0.717, 1.165) is 16.7 Å². The predicted octanol–water partition coefficient (Wildman–Crippen LogP) is 3.16. The van der Waals surface area contributed by atoms with Crippen molar-refractivity contribution in [3.05, 3.63) is 46.3 Å². The summed E-state index contributed by atoms with van der Waals surface area (Å²) < 4.78 is 19.5. The molecule has 4 rings (SSSR count). The number of rotatable bonds is 4. The van der Waals surface area contributed by atoms with Crippen LogP contribution in [0.4, 0.5) is 4.39 Å². The van der Waals surface area contributed by atoms with Gasteiger partial charge in [0.05, 0.1) is 17.9 Å². The van der Waals surface area contributed by atoms with Crippen molar-refractivity contribution in [2.45, 2.75) is 45.5 Å². The predicted molar refractivity (Wildman–Crippen MR) is 114 cm³/mol. The minimum atomic E-state index is -0.977. The molecule has 2 heterocycles. The molecule has 2 N–H and O–H groups in total. The van der Waals surface area contributed by atoms with Gasteiger partial charge in [-0.05, 0) is 68.6 Å². The number of fused-ring (bicyclic) bond motifs is 3. The van der Waals surface area contributed by atoms with Gasteiger partial charge in [-0.1, -0.05) is 23.3 Å². The number of amides is 2. The number of benzene rings is 1. The second kappa shape index (κ2) is 8.24. The number of carbonyl (C=O) groups is 2. The molecule has 2 saturated heterocycles. The normalized spacial score (nSPS) is 28.9. The van der Waals surface area contributed by atoms with Crippen LogP contribution in [0.2, 0.25) is 6.32 Å². The maximum Gasteiger partial charge on any atom is 0.455 e. The Morgan fingerprint density at radius 3 is 2.77 bits per heavy atom. The Balaban J connectivity index is 1.53. The standard InChI is InChI=1S/C23H27BFNO5/c1-12(8-14-5-6-18(27)17(25)10-14)4-7-19-20-13(2)9-15-21(16(20)11-24(30)31-19)23(29)26(3)22(15)28/h5-6,8,10,15-16,19,21,27,30H,4,7,9,11H2,1-3H3/b12-8+/t15-,16+,19-,21-/m1/s1. The van der Waals surface area contributed by atoms with Gasteiger partial charge in [0, 0.05) is 7.05 Å². The van der Waals surface area contributed by atoms with Crippen LogP contribution in [0.1, 0.15) is 38.7 Å². The van der Waals surface area contributed by atoms with Gasteiger partial charge in [-0.2, -0.15) is 0 Å². The number of halogens is 1. The molecule has 1 aromatic rings. The van der Waals surface area contributed by atoms with Crippen molar-refractivity contribution in [2.75, 3.05) is 7.05 Å². The minimum Gasteiger partial charge on any atom is -0.505 e. The number of likely N-dealkylation sites (tertiary alicyclic amines) is 1. The average Bonchev–Trinajstić information content (AvgIpc) is 2.93. The maximum atomic E-state index is 13.6. The number of carbonyl (C=O) groups excluding carboxylic acids is 2. The quantitative estimate of drug-likeness (QED) is 0.438. The number of nitrogens with zero attached hydrogens (tertiary/aromatic N) is 1. The van der Waals surface area contributed by atoms with Gasteiger partial charge >= 0.3 is 7.12 Å². The molecule has 164 valence electrons. The van der Waals surface area contributed by atoms with Crippen molar-refractivity contribution >= 4 is 25.0 Å². The van der Waals surface area contributed by atoms with E-state index in [1.807, 2.05) is 19.9 Å². The Morgan fingerprint density at radius 2 is 2.06 bits per heavy atom. The molecule has 0 unspecified atom stereocenters. The van der Waals surface area contributed by atoms with Gasteiger partial charge in [0.1, 0.15) is 0 Å². The second-order valence-electron chi connectivity index (χ2n) is 8.97. The largest absolute Gasteiger partial charge is 0.505 e. The number of hydrogen-bond acceptors (Lipinski definition) is 5. The molecule has 2 aliphatic heterocycles. The van der Waals surface area contributed by atoms with Crippen molar-refractivity contribution in [3.8, 4) is 5.75 Å². The van der Waals surface area contributed by atoms with E-state index in [2.05, 4.69) is 0 Å². The third kappa shape index (κ3) is 3.94. The Morgan fingerprint density at radius 1 is 1.32 bits per heavy atom. The first-order valence-corrected chi connectivity index (χ1v) is 10.7. The van der Waals surface area contributed by atoms with Crippen LogP contribution in [0.5, 0.6) is 5.75 Å². The third-order valence-corrected chi connectivity index (χ3v) is 6.86. The molecular formula is C23H27BFNO5. The molecule has 1 aliphatic carbocycles. The first-order valence-electron chi connectivity index (χ1n) is 10.7. The van der Waals surface area contributed by atoms with Gasteiger partial charge < -0.3 is 14.8 Å². The molecule has 3 aliphatic rings. The average molecular weight is 427 g/mol. The summed E-state index contributed by atoms with van der Waals surface area (Å²) in [5.41, 5.74) is 3.78. The maximum absolute atomic E-state index is 13.6. The second-order valence-corrected chi connectivity index (χ2v) is 8.97. The van der Waals surface area contributed by atoms with Gasteiger partial charge in [0.2, 0.25) is 11.8 Å². The van der Waals surface area contributed by atoms with Crippen molar-refractivity contribution in [1.82, 2.24) is 4.90 Å². The van der Waals surface area contributed by atoms with E-state index in [9.17, 15) is 24.1 Å². The van der Waals surface area contributed by atoms with Crippen LogP contribution in [0.15, 0.2) is 34.9 Å². The number of phenolic OH excluding ortho intramolecular Hbond substituents is 1. The van der Waals surface area contributed by atoms with Crippen LogP contribution in [-0.2, 0) is 14.2 Å². The Labute approximate surface area is 181 Å². The lowest BCUT2D eigenvalue weighted by Gasteiger charge is -2.42. The summed E-state index contributed by atoms with van der Waals surface area (Å²) in [4.78, 5) is 26.5. The summed E-state index contributed by atoms with van der Waals surface area (Å²) in [7, 11) is 0.556. The van der Waals surface area contributed by atoms with E-state index < -0.39 is 18.9 Å². The minimum absolute atomic E-state index is 0.133. The zero-order valence-electron chi connectivity index (χ0n) is 18.0. The lowest BCUT2D eigenvalue weighted by Crippen LogP contribution is -2.45. The molecular weight excluding hydrogens is 400 g/mol. The summed E-state index contributed by atoms with van der Waals surface area (Å²) >= 11 is 0. The van der Waals surface area contributed by atoms with Gasteiger partial charge in [-0.15, -0.1) is 0 Å². The molecule has 4 atom stereocenters. The van der Waals surface area contributed by atoms with Gasteiger partial charge in [-0.25, -0.2) is 4.39 Å². The van der Waals surface area contributed by atoms with E-state index in [-0.39, 0.29) is 35.5 Å². The zero-order chi connectivity index (χ0) is 22.4. The van der Waals surface area contributed by atoms with E-state index in [0.29, 0.717) is 31.1 Å². The van der Waals surface area contributed by atoms with E-state index >= 15 is 0 Å². The van der Waals surface area contributed by atoms with Crippen molar-refractivity contribution in [2.24, 2.45) is 17.8 Å². The van der Waals surface area contributed by atoms with Crippen LogP contribution in [0.3, 0.4) is 0 Å². The molecule has 2 fully saturated rings. The molecule has 0 bridgehead atoms. The van der Waals surface area contributed by atoms with Crippen molar-refractivity contribution in [1.29, 1.82) is 0 Å². The van der Waals surface area contributed by atoms with Gasteiger partial charge in [0.15, 0.2) is 11.6 Å². The summed E-state index contributed by atoms with van der Waals surface area (Å²) in [5.74, 6) is -2.30. The molecule has 8 heteroatoms. The number of allylic oxidation sites excluding steroid dienone is 2. The topological polar surface area (TPSA) is 87.1 Å². The summed E-state index contributed by atoms with van der Waals surface area (Å²) in [5, 5.41) is 19.7. The summed E-state index contributed by atoms with van der Waals surface area (Å²) in [6.45, 7) is 3.93.